The Balaban J connectivity index is 1.30. The lowest BCUT2D eigenvalue weighted by molar-refractivity contribution is -0.128. The number of carbonyl (C=O) groups is 2. The first-order valence-electron chi connectivity index (χ1n) is 7.79. The Kier molecular flexibility index (Phi) is 4.24. The van der Waals surface area contributed by atoms with Gasteiger partial charge in [0.05, 0.1) is 10.5 Å². The van der Waals surface area contributed by atoms with Gasteiger partial charge in [0.2, 0.25) is 0 Å². The SMILES string of the molecule is O=C(NNC(=O)[C@H]1Cc2ccccc2S1)[C@H]1Cc2ccccc2S1. The number of rotatable bonds is 2. The largest absolute Gasteiger partial charge is 0.272 e. The molecule has 24 heavy (non-hydrogen) atoms. The van der Waals surface area contributed by atoms with Gasteiger partial charge in [0, 0.05) is 9.79 Å². The van der Waals surface area contributed by atoms with Crippen LogP contribution in [0.15, 0.2) is 58.3 Å². The summed E-state index contributed by atoms with van der Waals surface area (Å²) >= 11 is 3.10. The number of hydrogen-bond acceptors (Lipinski definition) is 4. The van der Waals surface area contributed by atoms with Gasteiger partial charge in [-0.05, 0) is 36.1 Å². The average Bonchev–Trinajstić information content (AvgIpc) is 3.23. The van der Waals surface area contributed by atoms with E-state index in [-0.39, 0.29) is 22.3 Å². The normalized spacial score (nSPS) is 21.0. The van der Waals surface area contributed by atoms with E-state index in [0.717, 1.165) is 9.79 Å². The van der Waals surface area contributed by atoms with Crippen LogP contribution in [0.25, 0.3) is 0 Å². The summed E-state index contributed by atoms with van der Waals surface area (Å²) in [5.74, 6) is -0.296. The Morgan fingerprint density at radius 2 is 1.17 bits per heavy atom. The first kappa shape index (κ1) is 15.6. The molecule has 2 heterocycles. The number of thioether (sulfide) groups is 2. The van der Waals surface area contributed by atoms with Crippen LogP contribution in [0.5, 0.6) is 0 Å². The maximum atomic E-state index is 12.3. The predicted octanol–water partition coefficient (Wildman–Crippen LogP) is 2.57. The van der Waals surface area contributed by atoms with Crippen molar-refractivity contribution in [3.63, 3.8) is 0 Å². The van der Waals surface area contributed by atoms with Crippen LogP contribution in [-0.4, -0.2) is 22.3 Å². The van der Waals surface area contributed by atoms with Crippen molar-refractivity contribution in [3.05, 3.63) is 59.7 Å². The minimum atomic E-state index is -0.184. The Morgan fingerprint density at radius 1 is 0.750 bits per heavy atom. The fourth-order valence-corrected chi connectivity index (χ4v) is 5.33. The number of carbonyl (C=O) groups excluding carboxylic acids is 2. The van der Waals surface area contributed by atoms with E-state index in [2.05, 4.69) is 10.9 Å². The van der Waals surface area contributed by atoms with Crippen LogP contribution in [0.2, 0.25) is 0 Å². The fourth-order valence-electron chi connectivity index (χ4n) is 2.94. The summed E-state index contributed by atoms with van der Waals surface area (Å²) < 4.78 is 0. The Morgan fingerprint density at radius 3 is 1.58 bits per heavy atom. The van der Waals surface area contributed by atoms with Gasteiger partial charge in [0.25, 0.3) is 11.8 Å². The highest BCUT2D eigenvalue weighted by Gasteiger charge is 2.31. The molecule has 0 bridgehead atoms. The van der Waals surface area contributed by atoms with Crippen LogP contribution in [0.1, 0.15) is 11.1 Å². The molecule has 0 radical (unpaired) electrons. The van der Waals surface area contributed by atoms with Crippen LogP contribution in [0.4, 0.5) is 0 Å². The highest BCUT2D eigenvalue weighted by molar-refractivity contribution is 8.01. The standard InChI is InChI=1S/C18H16N2O2S2/c21-17(15-9-11-5-1-3-7-13(11)23-15)19-20-18(22)16-10-12-6-2-4-8-14(12)24-16/h1-8,15-16H,9-10H2,(H,19,21)(H,20,22)/t15-,16-/m1/s1. The van der Waals surface area contributed by atoms with Crippen molar-refractivity contribution < 1.29 is 9.59 Å². The molecule has 2 aliphatic heterocycles. The molecular weight excluding hydrogens is 340 g/mol. The quantitative estimate of drug-likeness (QED) is 0.812. The lowest BCUT2D eigenvalue weighted by Crippen LogP contribution is -2.48. The maximum Gasteiger partial charge on any atom is 0.252 e. The van der Waals surface area contributed by atoms with Gasteiger partial charge in [0.1, 0.15) is 0 Å². The first-order chi connectivity index (χ1) is 11.7. The Bertz CT molecular complexity index is 692. The summed E-state index contributed by atoms with van der Waals surface area (Å²) in [5, 5.41) is -0.368. The Labute approximate surface area is 148 Å². The number of fused-ring (bicyclic) bond motifs is 2. The number of hydrazine groups is 1. The van der Waals surface area contributed by atoms with E-state index in [0.29, 0.717) is 12.8 Å². The second kappa shape index (κ2) is 6.53. The van der Waals surface area contributed by atoms with Crippen LogP contribution >= 0.6 is 23.5 Å². The van der Waals surface area contributed by atoms with E-state index < -0.39 is 0 Å². The lowest BCUT2D eigenvalue weighted by atomic mass is 10.1. The second-order valence-electron chi connectivity index (χ2n) is 5.82. The van der Waals surface area contributed by atoms with Crippen molar-refractivity contribution in [1.82, 2.24) is 10.9 Å². The van der Waals surface area contributed by atoms with Crippen LogP contribution in [0.3, 0.4) is 0 Å². The van der Waals surface area contributed by atoms with E-state index in [1.165, 1.54) is 11.1 Å². The van der Waals surface area contributed by atoms with Crippen molar-refractivity contribution in [2.45, 2.75) is 33.1 Å². The molecule has 2 amide bonds. The number of hydrogen-bond donors (Lipinski definition) is 2. The van der Waals surface area contributed by atoms with E-state index in [9.17, 15) is 9.59 Å². The van der Waals surface area contributed by atoms with Crippen molar-refractivity contribution in [3.8, 4) is 0 Å². The summed E-state index contributed by atoms with van der Waals surface area (Å²) in [6.45, 7) is 0. The van der Waals surface area contributed by atoms with Crippen molar-refractivity contribution in [1.29, 1.82) is 0 Å². The third-order valence-electron chi connectivity index (χ3n) is 4.19. The maximum absolute atomic E-state index is 12.3. The lowest BCUT2D eigenvalue weighted by Gasteiger charge is -2.13. The average molecular weight is 356 g/mol. The molecule has 4 nitrogen and oxygen atoms in total. The zero-order valence-electron chi connectivity index (χ0n) is 12.8. The zero-order valence-corrected chi connectivity index (χ0v) is 14.5. The minimum absolute atomic E-state index is 0.148. The monoisotopic (exact) mass is 356 g/mol. The highest BCUT2D eigenvalue weighted by Crippen LogP contribution is 2.37. The topological polar surface area (TPSA) is 58.2 Å². The molecular formula is C18H16N2O2S2. The molecule has 0 saturated carbocycles. The van der Waals surface area contributed by atoms with Crippen LogP contribution in [-0.2, 0) is 22.4 Å². The molecule has 0 fully saturated rings. The smallest absolute Gasteiger partial charge is 0.252 e. The molecule has 0 saturated heterocycles. The summed E-state index contributed by atoms with van der Waals surface area (Å²) in [6.07, 6.45) is 1.40. The molecule has 2 aromatic rings. The zero-order chi connectivity index (χ0) is 16.5. The van der Waals surface area contributed by atoms with Gasteiger partial charge in [-0.1, -0.05) is 36.4 Å². The number of amides is 2. The molecule has 4 rings (SSSR count). The summed E-state index contributed by atoms with van der Waals surface area (Å²) in [5.41, 5.74) is 7.56. The third-order valence-corrected chi connectivity index (χ3v) is 6.82. The van der Waals surface area contributed by atoms with Crippen LogP contribution < -0.4 is 10.9 Å². The molecule has 0 unspecified atom stereocenters. The molecule has 2 atom stereocenters. The minimum Gasteiger partial charge on any atom is -0.272 e. The molecule has 2 N–H and O–H groups in total. The van der Waals surface area contributed by atoms with Gasteiger partial charge in [-0.2, -0.15) is 0 Å². The van der Waals surface area contributed by atoms with E-state index in [1.807, 2.05) is 48.5 Å². The number of benzene rings is 2. The summed E-state index contributed by atoms with van der Waals surface area (Å²) in [6, 6.07) is 16.1. The molecule has 6 heteroatoms. The van der Waals surface area contributed by atoms with E-state index in [1.54, 1.807) is 23.5 Å². The van der Waals surface area contributed by atoms with Gasteiger partial charge in [-0.15, -0.1) is 23.5 Å². The first-order valence-corrected chi connectivity index (χ1v) is 9.55. The highest BCUT2D eigenvalue weighted by atomic mass is 32.2. The van der Waals surface area contributed by atoms with Gasteiger partial charge < -0.3 is 0 Å². The third kappa shape index (κ3) is 3.03. The van der Waals surface area contributed by atoms with Crippen molar-refractivity contribution >= 4 is 35.3 Å². The second-order valence-corrected chi connectivity index (χ2v) is 8.30. The van der Waals surface area contributed by atoms with Crippen molar-refractivity contribution in [2.24, 2.45) is 0 Å². The molecule has 0 spiro atoms. The van der Waals surface area contributed by atoms with Gasteiger partial charge in [0.15, 0.2) is 0 Å². The molecule has 2 aliphatic rings. The molecule has 0 aromatic heterocycles. The number of nitrogens with one attached hydrogen (secondary N) is 2. The van der Waals surface area contributed by atoms with Gasteiger partial charge >= 0.3 is 0 Å². The van der Waals surface area contributed by atoms with Gasteiger partial charge in [-0.3, -0.25) is 20.4 Å². The van der Waals surface area contributed by atoms with Crippen molar-refractivity contribution in [2.75, 3.05) is 0 Å². The fraction of sp³-hybridized carbons (Fsp3) is 0.222. The molecule has 122 valence electrons. The van der Waals surface area contributed by atoms with Gasteiger partial charge in [-0.25, -0.2) is 0 Å². The summed E-state index contributed by atoms with van der Waals surface area (Å²) in [7, 11) is 0. The summed E-state index contributed by atoms with van der Waals surface area (Å²) in [4.78, 5) is 26.9. The predicted molar refractivity (Wildman–Crippen MR) is 95.9 cm³/mol. The Hall–Kier alpha value is -1.92. The molecule has 2 aromatic carbocycles. The molecule has 0 aliphatic carbocycles. The van der Waals surface area contributed by atoms with E-state index in [4.69, 9.17) is 0 Å². The van der Waals surface area contributed by atoms with Crippen LogP contribution in [0, 0.1) is 0 Å². The van der Waals surface area contributed by atoms with E-state index >= 15 is 0 Å².